The molecule has 1 heterocycles. The Balaban J connectivity index is 1.89. The Morgan fingerprint density at radius 1 is 1.08 bits per heavy atom. The van der Waals surface area contributed by atoms with Crippen LogP contribution in [0, 0.1) is 0 Å². The Kier molecular flexibility index (Phi) is 5.24. The van der Waals surface area contributed by atoms with Gasteiger partial charge in [0.05, 0.1) is 26.0 Å². The number of methoxy groups -OCH3 is 2. The van der Waals surface area contributed by atoms with Gasteiger partial charge in [-0.1, -0.05) is 12.1 Å². The lowest BCUT2D eigenvalue weighted by Gasteiger charge is -2.21. The molecule has 0 N–H and O–H groups in total. The summed E-state index contributed by atoms with van der Waals surface area (Å²) in [7, 11) is 3.25. The van der Waals surface area contributed by atoms with Crippen molar-refractivity contribution in [2.45, 2.75) is 12.5 Å². The van der Waals surface area contributed by atoms with Gasteiger partial charge in [0.2, 0.25) is 0 Å². The Morgan fingerprint density at radius 3 is 2.16 bits per heavy atom. The fraction of sp³-hybridized carbons (Fsp3) is 0.263. The minimum atomic E-state index is -0.217. The van der Waals surface area contributed by atoms with Crippen LogP contribution in [0.25, 0.3) is 0 Å². The zero-order chi connectivity index (χ0) is 17.8. The van der Waals surface area contributed by atoms with E-state index in [4.69, 9.17) is 21.1 Å². The molecule has 0 aliphatic carbocycles. The monoisotopic (exact) mass is 358 g/mol. The van der Waals surface area contributed by atoms with Gasteiger partial charge in [0.25, 0.3) is 5.91 Å². The van der Waals surface area contributed by atoms with Crippen LogP contribution in [0.3, 0.4) is 0 Å². The molecule has 2 aromatic carbocycles. The molecule has 0 spiro atoms. The Labute approximate surface area is 151 Å². The molecule has 0 fully saturated rings. The number of hydrogen-bond acceptors (Lipinski definition) is 4. The first-order valence-corrected chi connectivity index (χ1v) is 8.43. The van der Waals surface area contributed by atoms with Crippen LogP contribution in [0.15, 0.2) is 53.6 Å². The number of carbonyl (C=O) groups is 1. The normalized spacial score (nSPS) is 16.5. The number of hydrazone groups is 1. The van der Waals surface area contributed by atoms with Crippen LogP contribution in [-0.4, -0.2) is 36.7 Å². The standard InChI is InChI=1S/C19H19ClN2O3/c1-24-15-7-3-13(4-8-15)17-11-18(22(21-17)19(23)12-20)14-5-9-16(25-2)10-6-14/h3-10,18H,11-12H2,1-2H3/t18-/m0/s1. The maximum absolute atomic E-state index is 12.2. The number of ether oxygens (including phenoxy) is 2. The van der Waals surface area contributed by atoms with Gasteiger partial charge in [-0.2, -0.15) is 5.10 Å². The maximum Gasteiger partial charge on any atom is 0.258 e. The smallest absolute Gasteiger partial charge is 0.258 e. The van der Waals surface area contributed by atoms with Crippen LogP contribution >= 0.6 is 11.6 Å². The zero-order valence-corrected chi connectivity index (χ0v) is 14.9. The molecule has 1 amide bonds. The number of nitrogens with zero attached hydrogens (tertiary/aromatic N) is 2. The van der Waals surface area contributed by atoms with E-state index in [-0.39, 0.29) is 17.8 Å². The molecule has 130 valence electrons. The molecule has 1 aliphatic rings. The second-order valence-corrected chi connectivity index (χ2v) is 5.91. The highest BCUT2D eigenvalue weighted by atomic mass is 35.5. The van der Waals surface area contributed by atoms with E-state index in [2.05, 4.69) is 5.10 Å². The number of rotatable bonds is 5. The van der Waals surface area contributed by atoms with Crippen molar-refractivity contribution in [3.8, 4) is 11.5 Å². The van der Waals surface area contributed by atoms with E-state index in [0.717, 1.165) is 28.3 Å². The molecule has 5 nitrogen and oxygen atoms in total. The molecular weight excluding hydrogens is 340 g/mol. The molecule has 6 heteroatoms. The summed E-state index contributed by atoms with van der Waals surface area (Å²) in [6, 6.07) is 15.1. The summed E-state index contributed by atoms with van der Waals surface area (Å²) in [4.78, 5) is 12.2. The fourth-order valence-electron chi connectivity index (χ4n) is 2.85. The molecule has 2 aromatic rings. The van der Waals surface area contributed by atoms with Crippen molar-refractivity contribution in [2.24, 2.45) is 5.10 Å². The van der Waals surface area contributed by atoms with Gasteiger partial charge < -0.3 is 9.47 Å². The summed E-state index contributed by atoms with van der Waals surface area (Å²) in [6.07, 6.45) is 0.626. The van der Waals surface area contributed by atoms with Crippen molar-refractivity contribution >= 4 is 23.2 Å². The second-order valence-electron chi connectivity index (χ2n) is 5.64. The molecule has 0 saturated heterocycles. The average molecular weight is 359 g/mol. The minimum Gasteiger partial charge on any atom is -0.497 e. The largest absolute Gasteiger partial charge is 0.497 e. The van der Waals surface area contributed by atoms with Crippen molar-refractivity contribution in [2.75, 3.05) is 20.1 Å². The third-order valence-electron chi connectivity index (χ3n) is 4.20. The summed E-state index contributed by atoms with van der Waals surface area (Å²) in [5.74, 6) is 1.23. The van der Waals surface area contributed by atoms with Gasteiger partial charge in [-0.05, 0) is 47.5 Å². The zero-order valence-electron chi connectivity index (χ0n) is 14.1. The Morgan fingerprint density at radius 2 is 1.64 bits per heavy atom. The predicted octanol–water partition coefficient (Wildman–Crippen LogP) is 3.62. The van der Waals surface area contributed by atoms with E-state index in [1.807, 2.05) is 48.5 Å². The summed E-state index contributed by atoms with van der Waals surface area (Å²) in [5.41, 5.74) is 2.80. The first-order chi connectivity index (χ1) is 12.2. The summed E-state index contributed by atoms with van der Waals surface area (Å²) < 4.78 is 10.4. The molecular formula is C19H19ClN2O3. The highest BCUT2D eigenvalue weighted by molar-refractivity contribution is 6.27. The first kappa shape index (κ1) is 17.3. The predicted molar refractivity (Wildman–Crippen MR) is 97.4 cm³/mol. The summed E-state index contributed by atoms with van der Waals surface area (Å²) in [5, 5.41) is 6.01. The van der Waals surface area contributed by atoms with Gasteiger partial charge in [0.1, 0.15) is 17.4 Å². The maximum atomic E-state index is 12.2. The van der Waals surface area contributed by atoms with Crippen molar-refractivity contribution in [1.29, 1.82) is 0 Å². The van der Waals surface area contributed by atoms with Gasteiger partial charge in [0, 0.05) is 6.42 Å². The topological polar surface area (TPSA) is 51.1 Å². The van der Waals surface area contributed by atoms with E-state index in [1.165, 1.54) is 5.01 Å². The van der Waals surface area contributed by atoms with E-state index in [1.54, 1.807) is 14.2 Å². The lowest BCUT2D eigenvalue weighted by Crippen LogP contribution is -2.27. The molecule has 0 unspecified atom stereocenters. The Hall–Kier alpha value is -2.53. The van der Waals surface area contributed by atoms with Crippen molar-refractivity contribution < 1.29 is 14.3 Å². The van der Waals surface area contributed by atoms with Crippen LogP contribution in [0.2, 0.25) is 0 Å². The third-order valence-corrected chi connectivity index (χ3v) is 4.43. The average Bonchev–Trinajstić information content (AvgIpc) is 3.13. The van der Waals surface area contributed by atoms with Crippen molar-refractivity contribution in [1.82, 2.24) is 5.01 Å². The van der Waals surface area contributed by atoms with Gasteiger partial charge in [0.15, 0.2) is 0 Å². The van der Waals surface area contributed by atoms with E-state index >= 15 is 0 Å². The van der Waals surface area contributed by atoms with Crippen molar-refractivity contribution in [3.05, 3.63) is 59.7 Å². The van der Waals surface area contributed by atoms with Crippen LogP contribution in [0.4, 0.5) is 0 Å². The third kappa shape index (κ3) is 3.61. The number of benzene rings is 2. The lowest BCUT2D eigenvalue weighted by atomic mass is 9.98. The minimum absolute atomic E-state index is 0.105. The van der Waals surface area contributed by atoms with E-state index in [9.17, 15) is 4.79 Å². The summed E-state index contributed by atoms with van der Waals surface area (Å²) in [6.45, 7) is 0. The van der Waals surface area contributed by atoms with Gasteiger partial charge >= 0.3 is 0 Å². The number of alkyl halides is 1. The first-order valence-electron chi connectivity index (χ1n) is 7.90. The fourth-order valence-corrected chi connectivity index (χ4v) is 2.97. The SMILES string of the molecule is COc1ccc(C2=NN(C(=O)CCl)[C@H](c3ccc(OC)cc3)C2)cc1. The van der Waals surface area contributed by atoms with Gasteiger partial charge in [-0.25, -0.2) is 5.01 Å². The number of hydrogen-bond donors (Lipinski definition) is 0. The molecule has 0 bridgehead atoms. The number of halogens is 1. The molecule has 0 radical (unpaired) electrons. The van der Waals surface area contributed by atoms with Crippen LogP contribution in [0.5, 0.6) is 11.5 Å². The van der Waals surface area contributed by atoms with Crippen molar-refractivity contribution in [3.63, 3.8) is 0 Å². The summed E-state index contributed by atoms with van der Waals surface area (Å²) >= 11 is 5.77. The van der Waals surface area contributed by atoms with E-state index in [0.29, 0.717) is 6.42 Å². The quantitative estimate of drug-likeness (QED) is 0.767. The van der Waals surface area contributed by atoms with E-state index < -0.39 is 0 Å². The number of carbonyl (C=O) groups excluding carboxylic acids is 1. The van der Waals surface area contributed by atoms with Crippen LogP contribution in [0.1, 0.15) is 23.6 Å². The highest BCUT2D eigenvalue weighted by Crippen LogP contribution is 2.34. The number of amides is 1. The second kappa shape index (κ2) is 7.57. The molecule has 3 rings (SSSR count). The molecule has 0 aromatic heterocycles. The molecule has 1 aliphatic heterocycles. The molecule has 0 saturated carbocycles. The van der Waals surface area contributed by atoms with Gasteiger partial charge in [-0.3, -0.25) is 4.79 Å². The lowest BCUT2D eigenvalue weighted by molar-refractivity contribution is -0.130. The van der Waals surface area contributed by atoms with Gasteiger partial charge in [-0.15, -0.1) is 11.6 Å². The van der Waals surface area contributed by atoms with Crippen LogP contribution < -0.4 is 9.47 Å². The highest BCUT2D eigenvalue weighted by Gasteiger charge is 2.32. The van der Waals surface area contributed by atoms with Crippen LogP contribution in [-0.2, 0) is 4.79 Å². The molecule has 25 heavy (non-hydrogen) atoms. The molecule has 1 atom stereocenters. The Bertz CT molecular complexity index is 772.